The van der Waals surface area contributed by atoms with Gasteiger partial charge in [0.25, 0.3) is 6.86 Å². The molecule has 5 nitrogen and oxygen atoms in total. The van der Waals surface area contributed by atoms with Crippen LogP contribution in [0, 0.1) is 13.8 Å². The van der Waals surface area contributed by atoms with Crippen molar-refractivity contribution >= 4 is 11.7 Å². The highest BCUT2D eigenvalue weighted by Gasteiger charge is 2.19. The molecule has 25 heavy (non-hydrogen) atoms. The Morgan fingerprint density at radius 2 is 1.92 bits per heavy atom. The van der Waals surface area contributed by atoms with Crippen LogP contribution < -0.4 is 4.74 Å². The Hall–Kier alpha value is -2.89. The van der Waals surface area contributed by atoms with Crippen LogP contribution in [0.15, 0.2) is 47.6 Å². The minimum absolute atomic E-state index is 0.111. The number of halogens is 1. The topological polar surface area (TPSA) is 57.1 Å². The minimum atomic E-state index is -1.14. The van der Waals surface area contributed by atoms with Crippen molar-refractivity contribution in [3.8, 4) is 5.75 Å². The molecular weight excluding hydrogens is 325 g/mol. The highest BCUT2D eigenvalue weighted by Crippen LogP contribution is 2.21. The number of benzene rings is 2. The van der Waals surface area contributed by atoms with E-state index in [9.17, 15) is 9.18 Å². The zero-order valence-corrected chi connectivity index (χ0v) is 14.4. The van der Waals surface area contributed by atoms with Gasteiger partial charge in [0.2, 0.25) is 0 Å². The van der Waals surface area contributed by atoms with Crippen molar-refractivity contribution in [3.05, 3.63) is 64.7 Å². The molecule has 2 aromatic rings. The number of carbonyl (C=O) groups is 1. The lowest BCUT2D eigenvalue weighted by atomic mass is 10.0. The fourth-order valence-electron chi connectivity index (χ4n) is 2.28. The predicted octanol–water partition coefficient (Wildman–Crippen LogP) is 3.70. The van der Waals surface area contributed by atoms with Gasteiger partial charge in [-0.1, -0.05) is 41.6 Å². The van der Waals surface area contributed by atoms with E-state index >= 15 is 0 Å². The molecular formula is C19H20FNO4. The van der Waals surface area contributed by atoms with E-state index in [1.807, 2.05) is 38.1 Å². The standard InChI is InChI=1S/C19H20FNO4/c1-13-8-9-14(2)17(10-13)24-11-15-6-4-5-7-16(15)18(19(22)23-3)21-25-12-20/h4-10H,11-12H2,1-3H3/b21-18+. The van der Waals surface area contributed by atoms with Gasteiger partial charge in [-0.25, -0.2) is 9.18 Å². The first-order valence-electron chi connectivity index (χ1n) is 7.69. The van der Waals surface area contributed by atoms with Gasteiger partial charge in [-0.3, -0.25) is 0 Å². The number of carbonyl (C=O) groups excluding carboxylic acids is 1. The maximum atomic E-state index is 12.3. The number of esters is 1. The summed E-state index contributed by atoms with van der Waals surface area (Å²) in [4.78, 5) is 16.4. The van der Waals surface area contributed by atoms with Gasteiger partial charge in [0.05, 0.1) is 7.11 Å². The van der Waals surface area contributed by atoms with Gasteiger partial charge in [0.15, 0.2) is 5.71 Å². The van der Waals surface area contributed by atoms with E-state index < -0.39 is 12.8 Å². The first-order valence-corrected chi connectivity index (χ1v) is 7.69. The summed E-state index contributed by atoms with van der Waals surface area (Å²) in [5.74, 6) is 0.0407. The number of aryl methyl sites for hydroxylation is 2. The van der Waals surface area contributed by atoms with Crippen molar-refractivity contribution in [3.63, 3.8) is 0 Å². The Morgan fingerprint density at radius 3 is 2.64 bits per heavy atom. The summed E-state index contributed by atoms with van der Waals surface area (Å²) >= 11 is 0. The Labute approximate surface area is 146 Å². The summed E-state index contributed by atoms with van der Waals surface area (Å²) in [5.41, 5.74) is 3.15. The molecule has 0 radical (unpaired) electrons. The molecule has 0 N–H and O–H groups in total. The van der Waals surface area contributed by atoms with Crippen LogP contribution >= 0.6 is 0 Å². The molecule has 0 aliphatic heterocycles. The third-order valence-electron chi connectivity index (χ3n) is 3.58. The Balaban J connectivity index is 2.30. The molecule has 0 amide bonds. The van der Waals surface area contributed by atoms with Crippen molar-refractivity contribution in [1.29, 1.82) is 0 Å². The van der Waals surface area contributed by atoms with Gasteiger partial charge in [-0.15, -0.1) is 0 Å². The van der Waals surface area contributed by atoms with Gasteiger partial charge in [0, 0.05) is 5.56 Å². The molecule has 0 atom stereocenters. The number of alkyl halides is 1. The van der Waals surface area contributed by atoms with Crippen LogP contribution in [0.3, 0.4) is 0 Å². The van der Waals surface area contributed by atoms with Crippen LogP contribution in [0.25, 0.3) is 0 Å². The molecule has 0 heterocycles. The van der Waals surface area contributed by atoms with E-state index in [2.05, 4.69) is 9.99 Å². The van der Waals surface area contributed by atoms with Crippen molar-refractivity contribution < 1.29 is 23.5 Å². The number of hydrogen-bond acceptors (Lipinski definition) is 5. The van der Waals surface area contributed by atoms with E-state index in [1.165, 1.54) is 7.11 Å². The van der Waals surface area contributed by atoms with Gasteiger partial charge >= 0.3 is 5.97 Å². The van der Waals surface area contributed by atoms with Crippen LogP contribution in [-0.2, 0) is 21.0 Å². The van der Waals surface area contributed by atoms with Crippen molar-refractivity contribution in [2.24, 2.45) is 5.16 Å². The van der Waals surface area contributed by atoms with Gasteiger partial charge < -0.3 is 14.3 Å². The van der Waals surface area contributed by atoms with Gasteiger partial charge in [-0.2, -0.15) is 0 Å². The maximum absolute atomic E-state index is 12.3. The molecule has 0 unspecified atom stereocenters. The molecule has 2 aromatic carbocycles. The van der Waals surface area contributed by atoms with Crippen LogP contribution in [-0.4, -0.2) is 25.7 Å². The number of oxime groups is 1. The first-order chi connectivity index (χ1) is 12.1. The average Bonchev–Trinajstić information content (AvgIpc) is 2.63. The van der Waals surface area contributed by atoms with Crippen LogP contribution in [0.1, 0.15) is 22.3 Å². The van der Waals surface area contributed by atoms with Crippen molar-refractivity contribution in [2.45, 2.75) is 20.5 Å². The van der Waals surface area contributed by atoms with E-state index in [4.69, 9.17) is 9.47 Å². The summed E-state index contributed by atoms with van der Waals surface area (Å²) in [5, 5.41) is 3.54. The van der Waals surface area contributed by atoms with E-state index in [0.29, 0.717) is 11.1 Å². The summed E-state index contributed by atoms with van der Waals surface area (Å²) in [6, 6.07) is 13.0. The summed E-state index contributed by atoms with van der Waals surface area (Å²) < 4.78 is 22.9. The first kappa shape index (κ1) is 18.4. The highest BCUT2D eigenvalue weighted by atomic mass is 19.1. The second-order valence-electron chi connectivity index (χ2n) is 5.38. The third kappa shape index (κ3) is 4.79. The quantitative estimate of drug-likeness (QED) is 0.436. The van der Waals surface area contributed by atoms with Gasteiger partial charge in [0.1, 0.15) is 12.4 Å². The SMILES string of the molecule is COC(=O)/C(=N/OCF)c1ccccc1COc1cc(C)ccc1C. The number of rotatable bonds is 7. The second kappa shape index (κ2) is 8.82. The van der Waals surface area contributed by atoms with Crippen molar-refractivity contribution in [2.75, 3.05) is 14.0 Å². The lowest BCUT2D eigenvalue weighted by Gasteiger charge is -2.13. The predicted molar refractivity (Wildman–Crippen MR) is 92.3 cm³/mol. The Kier molecular flexibility index (Phi) is 6.51. The molecule has 0 spiro atoms. The number of methoxy groups -OCH3 is 1. The smallest absolute Gasteiger partial charge is 0.360 e. The fourth-order valence-corrected chi connectivity index (χ4v) is 2.28. The molecule has 6 heteroatoms. The maximum Gasteiger partial charge on any atom is 0.360 e. The number of hydrogen-bond donors (Lipinski definition) is 0. The zero-order valence-electron chi connectivity index (χ0n) is 14.4. The van der Waals surface area contributed by atoms with Crippen molar-refractivity contribution in [1.82, 2.24) is 0 Å². The Bertz CT molecular complexity index is 774. The van der Waals surface area contributed by atoms with Gasteiger partial charge in [-0.05, 0) is 36.6 Å². The lowest BCUT2D eigenvalue weighted by molar-refractivity contribution is -0.132. The molecule has 2 rings (SSSR count). The third-order valence-corrected chi connectivity index (χ3v) is 3.58. The molecule has 132 valence electrons. The lowest BCUT2D eigenvalue weighted by Crippen LogP contribution is -2.20. The van der Waals surface area contributed by atoms with E-state index in [1.54, 1.807) is 18.2 Å². The fraction of sp³-hybridized carbons (Fsp3) is 0.263. The zero-order chi connectivity index (χ0) is 18.2. The minimum Gasteiger partial charge on any atom is -0.489 e. The molecule has 0 aliphatic carbocycles. The normalized spacial score (nSPS) is 11.1. The molecule has 0 saturated carbocycles. The molecule has 0 saturated heterocycles. The summed E-state index contributed by atoms with van der Waals surface area (Å²) in [7, 11) is 1.22. The number of ether oxygens (including phenoxy) is 2. The second-order valence-corrected chi connectivity index (χ2v) is 5.38. The molecule has 0 fully saturated rings. The summed E-state index contributed by atoms with van der Waals surface area (Å²) in [6.07, 6.45) is 0. The molecule has 0 aliphatic rings. The van der Waals surface area contributed by atoms with Crippen LogP contribution in [0.4, 0.5) is 4.39 Å². The monoisotopic (exact) mass is 345 g/mol. The summed E-state index contributed by atoms with van der Waals surface area (Å²) in [6.45, 7) is 3.02. The Morgan fingerprint density at radius 1 is 1.16 bits per heavy atom. The van der Waals surface area contributed by atoms with Crippen LogP contribution in [0.5, 0.6) is 5.75 Å². The van der Waals surface area contributed by atoms with E-state index in [0.717, 1.165) is 16.9 Å². The van der Waals surface area contributed by atoms with E-state index in [-0.39, 0.29) is 12.3 Å². The average molecular weight is 345 g/mol. The largest absolute Gasteiger partial charge is 0.489 e. The highest BCUT2D eigenvalue weighted by molar-refractivity contribution is 6.43. The number of nitrogens with zero attached hydrogens (tertiary/aromatic N) is 1. The van der Waals surface area contributed by atoms with Crippen LogP contribution in [0.2, 0.25) is 0 Å². The molecule has 0 aromatic heterocycles. The molecule has 0 bridgehead atoms.